The van der Waals surface area contributed by atoms with Crippen molar-refractivity contribution in [3.8, 4) is 0 Å². The first-order valence-corrected chi connectivity index (χ1v) is 7.74. The highest BCUT2D eigenvalue weighted by atomic mass is 79.9. The van der Waals surface area contributed by atoms with E-state index in [9.17, 15) is 0 Å². The van der Waals surface area contributed by atoms with Gasteiger partial charge >= 0.3 is 0 Å². The summed E-state index contributed by atoms with van der Waals surface area (Å²) < 4.78 is 1.85. The molecule has 100 valence electrons. The van der Waals surface area contributed by atoms with Crippen LogP contribution in [0.25, 0.3) is 0 Å². The third-order valence-electron chi connectivity index (χ3n) is 3.09. The Hall–Kier alpha value is -0.710. The average molecular weight is 384 g/mol. The summed E-state index contributed by atoms with van der Waals surface area (Å²) in [5.41, 5.74) is 9.52. The molecule has 4 heteroatoms. The smallest absolute Gasteiger partial charge is 0.0758 e. The van der Waals surface area contributed by atoms with Crippen molar-refractivity contribution in [2.75, 3.05) is 0 Å². The topological polar surface area (TPSA) is 38.9 Å². The van der Waals surface area contributed by atoms with E-state index in [0.717, 1.165) is 20.2 Å². The van der Waals surface area contributed by atoms with Gasteiger partial charge in [-0.15, -0.1) is 0 Å². The first-order valence-electron chi connectivity index (χ1n) is 6.15. The van der Waals surface area contributed by atoms with Crippen molar-refractivity contribution in [3.63, 3.8) is 0 Å². The zero-order valence-electron chi connectivity index (χ0n) is 10.9. The van der Waals surface area contributed by atoms with E-state index in [-0.39, 0.29) is 6.04 Å². The van der Waals surface area contributed by atoms with Crippen LogP contribution >= 0.6 is 31.9 Å². The molecule has 1 atom stereocenters. The minimum Gasteiger partial charge on any atom is -0.319 e. The molecule has 2 aromatic rings. The van der Waals surface area contributed by atoms with E-state index in [4.69, 9.17) is 5.73 Å². The first kappa shape index (κ1) is 14.7. The number of benzene rings is 1. The summed E-state index contributed by atoms with van der Waals surface area (Å²) in [6.45, 7) is 4.36. The predicted octanol–water partition coefficient (Wildman–Crippen LogP) is 4.78. The Balaban J connectivity index is 2.30. The maximum Gasteiger partial charge on any atom is 0.0758 e. The summed E-state index contributed by atoms with van der Waals surface area (Å²) in [5, 5.41) is 0. The van der Waals surface area contributed by atoms with E-state index in [1.165, 1.54) is 5.56 Å². The van der Waals surface area contributed by atoms with Gasteiger partial charge in [0.15, 0.2) is 0 Å². The molecule has 0 saturated carbocycles. The van der Waals surface area contributed by atoms with Gasteiger partial charge in [-0.1, -0.05) is 38.1 Å². The number of rotatable bonds is 3. The number of hydrogen-bond acceptors (Lipinski definition) is 2. The van der Waals surface area contributed by atoms with Crippen molar-refractivity contribution in [3.05, 3.63) is 62.3 Å². The molecule has 0 aliphatic heterocycles. The number of hydrogen-bond donors (Lipinski definition) is 1. The maximum atomic E-state index is 6.29. The van der Waals surface area contributed by atoms with E-state index >= 15 is 0 Å². The van der Waals surface area contributed by atoms with Gasteiger partial charge in [-0.25, -0.2) is 0 Å². The molecule has 1 aromatic heterocycles. The van der Waals surface area contributed by atoms with Crippen LogP contribution in [-0.4, -0.2) is 4.98 Å². The van der Waals surface area contributed by atoms with Crippen LogP contribution in [0.5, 0.6) is 0 Å². The fourth-order valence-electron chi connectivity index (χ4n) is 1.90. The third-order valence-corrected chi connectivity index (χ3v) is 4.16. The van der Waals surface area contributed by atoms with Crippen molar-refractivity contribution in [1.82, 2.24) is 4.98 Å². The molecule has 0 spiro atoms. The molecule has 2 rings (SSSR count). The number of pyridine rings is 1. The van der Waals surface area contributed by atoms with E-state index < -0.39 is 0 Å². The lowest BCUT2D eigenvalue weighted by Gasteiger charge is -2.14. The normalized spacial score (nSPS) is 12.7. The molecule has 0 amide bonds. The van der Waals surface area contributed by atoms with Gasteiger partial charge in [-0.3, -0.25) is 4.98 Å². The summed E-state index contributed by atoms with van der Waals surface area (Å²) in [5.74, 6) is 0.530. The van der Waals surface area contributed by atoms with E-state index in [2.05, 4.69) is 75.0 Å². The zero-order valence-corrected chi connectivity index (χ0v) is 14.1. The molecule has 0 aliphatic carbocycles. The van der Waals surface area contributed by atoms with Gasteiger partial charge in [0.1, 0.15) is 0 Å². The molecular weight excluding hydrogens is 368 g/mol. The number of halogens is 2. The Morgan fingerprint density at radius 2 is 1.63 bits per heavy atom. The molecule has 0 aliphatic rings. The molecule has 0 fully saturated rings. The SMILES string of the molecule is CC(C)c1ccc(C(N)c2ncc(Br)cc2Br)cc1. The molecule has 0 radical (unpaired) electrons. The van der Waals surface area contributed by atoms with Crippen LogP contribution in [0.1, 0.15) is 42.6 Å². The number of nitrogens with two attached hydrogens (primary N) is 1. The van der Waals surface area contributed by atoms with Gasteiger partial charge in [0.05, 0.1) is 11.7 Å². The standard InChI is InChI=1S/C15H16Br2N2/c1-9(2)10-3-5-11(6-4-10)14(18)15-13(17)7-12(16)8-19-15/h3-9,14H,18H2,1-2H3. The molecule has 1 heterocycles. The summed E-state index contributed by atoms with van der Waals surface area (Å²) >= 11 is 6.90. The van der Waals surface area contributed by atoms with Gasteiger partial charge in [0.25, 0.3) is 0 Å². The third kappa shape index (κ3) is 3.44. The van der Waals surface area contributed by atoms with E-state index in [0.29, 0.717) is 5.92 Å². The Morgan fingerprint density at radius 1 is 1.05 bits per heavy atom. The molecule has 19 heavy (non-hydrogen) atoms. The highest BCUT2D eigenvalue weighted by molar-refractivity contribution is 9.11. The van der Waals surface area contributed by atoms with Crippen molar-refractivity contribution < 1.29 is 0 Å². The minimum absolute atomic E-state index is 0.219. The molecule has 1 unspecified atom stereocenters. The Morgan fingerprint density at radius 3 is 2.16 bits per heavy atom. The summed E-state index contributed by atoms with van der Waals surface area (Å²) in [6.07, 6.45) is 1.77. The highest BCUT2D eigenvalue weighted by Crippen LogP contribution is 2.28. The average Bonchev–Trinajstić information content (AvgIpc) is 2.38. The molecule has 1 aromatic carbocycles. The van der Waals surface area contributed by atoms with Gasteiger partial charge in [-0.2, -0.15) is 0 Å². The lowest BCUT2D eigenvalue weighted by Crippen LogP contribution is -2.14. The highest BCUT2D eigenvalue weighted by Gasteiger charge is 2.14. The second-order valence-corrected chi connectivity index (χ2v) is 6.59. The lowest BCUT2D eigenvalue weighted by molar-refractivity contribution is 0.814. The van der Waals surface area contributed by atoms with E-state index in [1.54, 1.807) is 6.20 Å². The fourth-order valence-corrected chi connectivity index (χ4v) is 3.13. The van der Waals surface area contributed by atoms with Crippen LogP contribution in [0.3, 0.4) is 0 Å². The van der Waals surface area contributed by atoms with Crippen LogP contribution in [0.15, 0.2) is 45.5 Å². The fraction of sp³-hybridized carbons (Fsp3) is 0.267. The van der Waals surface area contributed by atoms with Gasteiger partial charge in [-0.05, 0) is 55.0 Å². The van der Waals surface area contributed by atoms with Crippen LogP contribution in [-0.2, 0) is 0 Å². The van der Waals surface area contributed by atoms with Crippen molar-refractivity contribution in [1.29, 1.82) is 0 Å². The van der Waals surface area contributed by atoms with Crippen molar-refractivity contribution in [2.24, 2.45) is 5.73 Å². The molecule has 0 bridgehead atoms. The predicted molar refractivity (Wildman–Crippen MR) is 86.2 cm³/mol. The molecule has 2 N–H and O–H groups in total. The minimum atomic E-state index is -0.219. The second kappa shape index (κ2) is 6.16. The largest absolute Gasteiger partial charge is 0.319 e. The Bertz CT molecular complexity index is 565. The second-order valence-electron chi connectivity index (χ2n) is 4.82. The van der Waals surface area contributed by atoms with Crippen LogP contribution < -0.4 is 5.73 Å². The lowest BCUT2D eigenvalue weighted by atomic mass is 9.98. The molecule has 2 nitrogen and oxygen atoms in total. The van der Waals surface area contributed by atoms with Crippen LogP contribution in [0.4, 0.5) is 0 Å². The summed E-state index contributed by atoms with van der Waals surface area (Å²) in [7, 11) is 0. The Labute approximate surface area is 130 Å². The summed E-state index contributed by atoms with van der Waals surface area (Å²) in [6, 6.07) is 10.2. The van der Waals surface area contributed by atoms with Gasteiger partial charge in [0, 0.05) is 15.1 Å². The van der Waals surface area contributed by atoms with Gasteiger partial charge in [0.2, 0.25) is 0 Å². The first-order chi connectivity index (χ1) is 8.99. The van der Waals surface area contributed by atoms with Gasteiger partial charge < -0.3 is 5.73 Å². The van der Waals surface area contributed by atoms with Crippen LogP contribution in [0, 0.1) is 0 Å². The quantitative estimate of drug-likeness (QED) is 0.828. The van der Waals surface area contributed by atoms with Crippen molar-refractivity contribution in [2.45, 2.75) is 25.8 Å². The Kier molecular flexibility index (Phi) is 4.76. The number of aromatic nitrogens is 1. The zero-order chi connectivity index (χ0) is 14.0. The monoisotopic (exact) mass is 382 g/mol. The summed E-state index contributed by atoms with van der Waals surface area (Å²) in [4.78, 5) is 4.39. The molecular formula is C15H16Br2N2. The van der Waals surface area contributed by atoms with Crippen molar-refractivity contribution >= 4 is 31.9 Å². The van der Waals surface area contributed by atoms with Crippen LogP contribution in [0.2, 0.25) is 0 Å². The number of nitrogens with zero attached hydrogens (tertiary/aromatic N) is 1. The van der Waals surface area contributed by atoms with E-state index in [1.807, 2.05) is 6.07 Å². The molecule has 0 saturated heterocycles. The maximum absolute atomic E-state index is 6.29.